The molecule has 0 radical (unpaired) electrons. The smallest absolute Gasteiger partial charge is 0.0947 e. The number of ether oxygens (including phenoxy) is 1. The molecule has 25 heavy (non-hydrogen) atoms. The molecule has 2 aliphatic rings. The van der Waals surface area contributed by atoms with Gasteiger partial charge in [0.05, 0.1) is 24.7 Å². The first kappa shape index (κ1) is 16.8. The Bertz CT molecular complexity index is 651. The molecule has 2 fully saturated rings. The molecule has 2 aromatic heterocycles. The summed E-state index contributed by atoms with van der Waals surface area (Å²) in [5, 5.41) is 0. The summed E-state index contributed by atoms with van der Waals surface area (Å²) in [6.45, 7) is 5.00. The summed E-state index contributed by atoms with van der Waals surface area (Å²) in [6.07, 6.45) is 10.7. The maximum Gasteiger partial charge on any atom is 0.0947 e. The molecule has 4 heterocycles. The van der Waals surface area contributed by atoms with Gasteiger partial charge in [-0.2, -0.15) is 0 Å². The van der Waals surface area contributed by atoms with E-state index < -0.39 is 0 Å². The van der Waals surface area contributed by atoms with Crippen LogP contribution >= 0.6 is 0 Å². The molecule has 5 heteroatoms. The van der Waals surface area contributed by atoms with Crippen LogP contribution in [0.25, 0.3) is 0 Å². The third-order valence-electron chi connectivity index (χ3n) is 5.75. The summed E-state index contributed by atoms with van der Waals surface area (Å²) in [7, 11) is 2.21. The fourth-order valence-electron chi connectivity index (χ4n) is 4.12. The predicted octanol–water partition coefficient (Wildman–Crippen LogP) is 2.93. The Morgan fingerprint density at radius 2 is 2.00 bits per heavy atom. The van der Waals surface area contributed by atoms with Gasteiger partial charge in [-0.25, -0.2) is 0 Å². The summed E-state index contributed by atoms with van der Waals surface area (Å²) in [6, 6.07) is 6.75. The highest BCUT2D eigenvalue weighted by molar-refractivity contribution is 5.10. The fourth-order valence-corrected chi connectivity index (χ4v) is 4.12. The maximum atomic E-state index is 6.34. The zero-order valence-corrected chi connectivity index (χ0v) is 14.9. The van der Waals surface area contributed by atoms with Crippen molar-refractivity contribution in [3.05, 3.63) is 54.2 Å². The molecule has 0 bridgehead atoms. The average Bonchev–Trinajstić information content (AvgIpc) is 3.29. The highest BCUT2D eigenvalue weighted by Crippen LogP contribution is 2.38. The third kappa shape index (κ3) is 3.94. The van der Waals surface area contributed by atoms with Crippen LogP contribution in [0.2, 0.25) is 0 Å². The van der Waals surface area contributed by atoms with Crippen molar-refractivity contribution < 1.29 is 9.15 Å². The van der Waals surface area contributed by atoms with Crippen LogP contribution in [0, 0.1) is 0 Å². The summed E-state index contributed by atoms with van der Waals surface area (Å²) >= 11 is 0. The highest BCUT2D eigenvalue weighted by atomic mass is 16.5. The molecule has 0 saturated carbocycles. The van der Waals surface area contributed by atoms with Gasteiger partial charge in [0, 0.05) is 50.2 Å². The van der Waals surface area contributed by atoms with Gasteiger partial charge in [-0.05, 0) is 50.1 Å². The highest BCUT2D eigenvalue weighted by Gasteiger charge is 2.43. The second-order valence-corrected chi connectivity index (χ2v) is 7.53. The van der Waals surface area contributed by atoms with Crippen molar-refractivity contribution in [2.75, 3.05) is 26.7 Å². The summed E-state index contributed by atoms with van der Waals surface area (Å²) < 4.78 is 11.5. The number of piperidine rings is 1. The maximum absolute atomic E-state index is 6.34. The van der Waals surface area contributed by atoms with E-state index in [2.05, 4.69) is 40.0 Å². The first-order valence-corrected chi connectivity index (χ1v) is 9.19. The molecule has 0 amide bonds. The molecule has 2 aromatic rings. The number of nitrogens with zero attached hydrogens (tertiary/aromatic N) is 3. The number of pyridine rings is 1. The number of hydrogen-bond donors (Lipinski definition) is 0. The minimum Gasteiger partial charge on any atom is -0.472 e. The fraction of sp³-hybridized carbons (Fsp3) is 0.550. The monoisotopic (exact) mass is 341 g/mol. The van der Waals surface area contributed by atoms with Gasteiger partial charge < -0.3 is 9.15 Å². The molecule has 2 aliphatic heterocycles. The van der Waals surface area contributed by atoms with Crippen LogP contribution in [0.1, 0.15) is 30.4 Å². The Labute approximate surface area is 149 Å². The van der Waals surface area contributed by atoms with Crippen molar-refractivity contribution in [1.29, 1.82) is 0 Å². The molecule has 0 N–H and O–H groups in total. The Morgan fingerprint density at radius 1 is 1.20 bits per heavy atom. The second kappa shape index (κ2) is 7.28. The molecule has 0 aliphatic carbocycles. The van der Waals surface area contributed by atoms with Gasteiger partial charge in [-0.1, -0.05) is 0 Å². The van der Waals surface area contributed by atoms with Crippen LogP contribution in [-0.4, -0.2) is 53.2 Å². The topological polar surface area (TPSA) is 41.7 Å². The van der Waals surface area contributed by atoms with Crippen molar-refractivity contribution in [1.82, 2.24) is 14.8 Å². The molecule has 1 atom stereocenters. The van der Waals surface area contributed by atoms with Crippen molar-refractivity contribution in [3.63, 3.8) is 0 Å². The van der Waals surface area contributed by atoms with E-state index in [1.165, 1.54) is 11.1 Å². The van der Waals surface area contributed by atoms with E-state index in [0.29, 0.717) is 6.04 Å². The molecule has 0 unspecified atom stereocenters. The number of furan rings is 1. The van der Waals surface area contributed by atoms with Crippen molar-refractivity contribution in [2.24, 2.45) is 0 Å². The van der Waals surface area contributed by atoms with E-state index in [1.54, 1.807) is 6.26 Å². The van der Waals surface area contributed by atoms with Gasteiger partial charge in [-0.15, -0.1) is 0 Å². The van der Waals surface area contributed by atoms with E-state index in [0.717, 1.165) is 52.0 Å². The minimum absolute atomic E-state index is 0.0874. The first-order chi connectivity index (χ1) is 12.2. The summed E-state index contributed by atoms with van der Waals surface area (Å²) in [4.78, 5) is 9.04. The van der Waals surface area contributed by atoms with E-state index in [4.69, 9.17) is 9.15 Å². The zero-order chi connectivity index (χ0) is 17.1. The van der Waals surface area contributed by atoms with Crippen LogP contribution in [0.15, 0.2) is 47.5 Å². The van der Waals surface area contributed by atoms with E-state index in [1.807, 2.05) is 18.7 Å². The van der Waals surface area contributed by atoms with Crippen molar-refractivity contribution >= 4 is 0 Å². The van der Waals surface area contributed by atoms with E-state index in [-0.39, 0.29) is 5.60 Å². The average molecular weight is 341 g/mol. The second-order valence-electron chi connectivity index (χ2n) is 7.53. The Kier molecular flexibility index (Phi) is 4.88. The molecular weight excluding hydrogens is 314 g/mol. The van der Waals surface area contributed by atoms with Gasteiger partial charge in [0.2, 0.25) is 0 Å². The molecular formula is C20H27N3O2. The van der Waals surface area contributed by atoms with Crippen molar-refractivity contribution in [3.8, 4) is 0 Å². The van der Waals surface area contributed by atoms with Crippen LogP contribution in [0.4, 0.5) is 0 Å². The van der Waals surface area contributed by atoms with Crippen LogP contribution in [0.5, 0.6) is 0 Å². The lowest BCUT2D eigenvalue weighted by Gasteiger charge is -2.38. The van der Waals surface area contributed by atoms with E-state index in [9.17, 15) is 0 Å². The van der Waals surface area contributed by atoms with Crippen LogP contribution in [-0.2, 0) is 17.8 Å². The Morgan fingerprint density at radius 3 is 2.72 bits per heavy atom. The van der Waals surface area contributed by atoms with Gasteiger partial charge >= 0.3 is 0 Å². The van der Waals surface area contributed by atoms with Gasteiger partial charge in [0.25, 0.3) is 0 Å². The number of rotatable bonds is 5. The molecule has 134 valence electrons. The Balaban J connectivity index is 1.28. The van der Waals surface area contributed by atoms with Crippen LogP contribution in [0.3, 0.4) is 0 Å². The quantitative estimate of drug-likeness (QED) is 0.836. The molecule has 0 aromatic carbocycles. The molecule has 2 saturated heterocycles. The lowest BCUT2D eigenvalue weighted by molar-refractivity contribution is -0.0452. The van der Waals surface area contributed by atoms with Crippen molar-refractivity contribution in [2.45, 2.75) is 44.0 Å². The number of likely N-dealkylation sites (N-methyl/N-ethyl adjacent to an activating group) is 1. The zero-order valence-electron chi connectivity index (χ0n) is 14.9. The number of aromatic nitrogens is 1. The normalized spacial score (nSPS) is 23.5. The number of hydrogen-bond acceptors (Lipinski definition) is 5. The van der Waals surface area contributed by atoms with Crippen LogP contribution < -0.4 is 0 Å². The molecule has 5 nitrogen and oxygen atoms in total. The van der Waals surface area contributed by atoms with E-state index >= 15 is 0 Å². The summed E-state index contributed by atoms with van der Waals surface area (Å²) in [5.41, 5.74) is 2.66. The van der Waals surface area contributed by atoms with Gasteiger partial charge in [-0.3, -0.25) is 14.8 Å². The summed E-state index contributed by atoms with van der Waals surface area (Å²) in [5.74, 6) is 0. The lowest BCUT2D eigenvalue weighted by atomic mass is 9.87. The van der Waals surface area contributed by atoms with Gasteiger partial charge in [0.15, 0.2) is 0 Å². The first-order valence-electron chi connectivity index (χ1n) is 9.19. The predicted molar refractivity (Wildman–Crippen MR) is 96.0 cm³/mol. The Hall–Kier alpha value is -1.69. The molecule has 1 spiro atoms. The minimum atomic E-state index is 0.0874. The third-order valence-corrected chi connectivity index (χ3v) is 5.75. The SMILES string of the molecule is CN(Cc1ccncc1)[C@@H]1COC2(CCN(Cc3ccoc3)CC2)C1. The lowest BCUT2D eigenvalue weighted by Crippen LogP contribution is -2.44. The molecule has 4 rings (SSSR count). The number of likely N-dealkylation sites (tertiary alicyclic amines) is 1. The standard InChI is InChI=1S/C20H27N3O2/c1-22(13-17-2-7-21-8-3-17)19-12-20(25-16-19)5-9-23(10-6-20)14-18-4-11-24-15-18/h2-4,7-8,11,15,19H,5-6,9-10,12-14,16H2,1H3/t19-/m0/s1. The van der Waals surface area contributed by atoms with Gasteiger partial charge in [0.1, 0.15) is 0 Å². The largest absolute Gasteiger partial charge is 0.472 e.